The van der Waals surface area contributed by atoms with E-state index in [1.165, 1.54) is 167 Å². The molecule has 0 saturated heterocycles. The minimum absolute atomic E-state index is 0.104. The van der Waals surface area contributed by atoms with Crippen LogP contribution in [0.25, 0.3) is 0 Å². The fourth-order valence-electron chi connectivity index (χ4n) is 10.9. The van der Waals surface area contributed by atoms with Gasteiger partial charge in [0, 0.05) is 25.7 Å². The van der Waals surface area contributed by atoms with Crippen molar-refractivity contribution in [3.63, 3.8) is 0 Å². The van der Waals surface area contributed by atoms with Crippen LogP contribution in [0.3, 0.4) is 0 Å². The van der Waals surface area contributed by atoms with E-state index in [0.29, 0.717) is 31.6 Å². The zero-order valence-corrected chi connectivity index (χ0v) is 61.1. The highest BCUT2D eigenvalue weighted by Crippen LogP contribution is 2.45. The second-order valence-electron chi connectivity index (χ2n) is 27.4. The summed E-state index contributed by atoms with van der Waals surface area (Å²) >= 11 is 0. The lowest BCUT2D eigenvalue weighted by molar-refractivity contribution is -0.161. The lowest BCUT2D eigenvalue weighted by atomic mass is 10.0. The van der Waals surface area contributed by atoms with Crippen molar-refractivity contribution in [2.75, 3.05) is 39.6 Å². The molecule has 19 heteroatoms. The minimum Gasteiger partial charge on any atom is -0.462 e. The van der Waals surface area contributed by atoms with Crippen LogP contribution in [0.15, 0.2) is 0 Å². The lowest BCUT2D eigenvalue weighted by Crippen LogP contribution is -2.30. The zero-order chi connectivity index (χ0) is 67.3. The van der Waals surface area contributed by atoms with Crippen LogP contribution in [-0.2, 0) is 65.4 Å². The quantitative estimate of drug-likeness (QED) is 0.0222. The number of aliphatic hydroxyl groups excluding tert-OH is 1. The Morgan fingerprint density at radius 1 is 0.297 bits per heavy atom. The summed E-state index contributed by atoms with van der Waals surface area (Å²) in [6.07, 6.45) is 47.2. The van der Waals surface area contributed by atoms with E-state index in [1.807, 2.05) is 0 Å². The van der Waals surface area contributed by atoms with E-state index < -0.39 is 97.5 Å². The Balaban J connectivity index is 5.25. The number of carbonyl (C=O) groups is 4. The van der Waals surface area contributed by atoms with Gasteiger partial charge in [-0.2, -0.15) is 0 Å². The van der Waals surface area contributed by atoms with Gasteiger partial charge in [-0.3, -0.25) is 37.3 Å². The van der Waals surface area contributed by atoms with E-state index in [9.17, 15) is 43.2 Å². The molecule has 0 aromatic carbocycles. The van der Waals surface area contributed by atoms with Gasteiger partial charge in [-0.15, -0.1) is 0 Å². The molecule has 0 aliphatic carbocycles. The molecule has 0 aromatic heterocycles. The van der Waals surface area contributed by atoms with E-state index in [0.717, 1.165) is 108 Å². The van der Waals surface area contributed by atoms with E-state index >= 15 is 0 Å². The number of phosphoric ester groups is 2. The molecule has 91 heavy (non-hydrogen) atoms. The van der Waals surface area contributed by atoms with Crippen molar-refractivity contribution < 1.29 is 80.2 Å². The number of carbonyl (C=O) groups excluding carboxylic acids is 4. The first-order chi connectivity index (χ1) is 43.7. The highest BCUT2D eigenvalue weighted by Gasteiger charge is 2.30. The van der Waals surface area contributed by atoms with Gasteiger partial charge < -0.3 is 33.8 Å². The standard InChI is InChI=1S/C72H140O17P2/c1-8-9-10-11-12-13-14-15-16-17-18-19-26-33-41-48-55-71(76)88-67(59-82-69(74)53-46-39-32-25-21-20-23-29-36-43-50-63(2)3)61-86-90(78,79)84-57-66(73)58-85-91(80,81)87-62-68(60-83-70(75)54-47-40-35-28-31-38-45-52-65(6)7)89-72(77)56-49-42-34-27-22-24-30-37-44-51-64(4)5/h63-68,73H,8-62H2,1-7H3,(H,78,79)(H,80,81)/t66-,67-,68-/m1/s1. The SMILES string of the molecule is CCCCCCCCCCCCCCCCCCC(=O)O[C@H](COC(=O)CCCCCCCCCCCCC(C)C)COP(=O)(O)OC[C@@H](O)COP(=O)(O)OC[C@@H](COC(=O)CCCCCCCCCC(C)C)OC(=O)CCCCCCCCCCCC(C)C. The molecule has 0 saturated carbocycles. The predicted molar refractivity (Wildman–Crippen MR) is 368 cm³/mol. The fourth-order valence-corrected chi connectivity index (χ4v) is 12.5. The van der Waals surface area contributed by atoms with E-state index in [4.69, 9.17) is 37.0 Å². The smallest absolute Gasteiger partial charge is 0.462 e. The van der Waals surface area contributed by atoms with Gasteiger partial charge in [0.15, 0.2) is 12.2 Å². The molecule has 0 heterocycles. The number of aliphatic hydroxyl groups is 1. The molecular formula is C72H140O17P2. The van der Waals surface area contributed by atoms with Gasteiger partial charge in [-0.25, -0.2) is 9.13 Å². The lowest BCUT2D eigenvalue weighted by Gasteiger charge is -2.21. The van der Waals surface area contributed by atoms with Crippen molar-refractivity contribution in [2.24, 2.45) is 17.8 Å². The minimum atomic E-state index is -4.95. The largest absolute Gasteiger partial charge is 0.472 e. The van der Waals surface area contributed by atoms with Crippen molar-refractivity contribution in [1.82, 2.24) is 0 Å². The number of phosphoric acid groups is 2. The summed E-state index contributed by atoms with van der Waals surface area (Å²) in [5, 5.41) is 10.6. The third-order valence-electron chi connectivity index (χ3n) is 16.6. The maximum atomic E-state index is 13.0. The van der Waals surface area contributed by atoms with Crippen LogP contribution < -0.4 is 0 Å². The third-order valence-corrected chi connectivity index (χ3v) is 18.5. The third kappa shape index (κ3) is 66.5. The molecule has 17 nitrogen and oxygen atoms in total. The van der Waals surface area contributed by atoms with Gasteiger partial charge in [-0.1, -0.05) is 312 Å². The topological polar surface area (TPSA) is 237 Å². The number of hydrogen-bond acceptors (Lipinski definition) is 15. The number of unbranched alkanes of at least 4 members (excludes halogenated alkanes) is 38. The van der Waals surface area contributed by atoms with Gasteiger partial charge in [0.1, 0.15) is 19.3 Å². The molecule has 540 valence electrons. The van der Waals surface area contributed by atoms with Crippen LogP contribution in [0.5, 0.6) is 0 Å². The molecule has 0 fully saturated rings. The summed E-state index contributed by atoms with van der Waals surface area (Å²) in [5.74, 6) is 0.0759. The molecule has 2 unspecified atom stereocenters. The fraction of sp³-hybridized carbons (Fsp3) is 0.944. The highest BCUT2D eigenvalue weighted by molar-refractivity contribution is 7.47. The Morgan fingerprint density at radius 2 is 0.505 bits per heavy atom. The summed E-state index contributed by atoms with van der Waals surface area (Å²) < 4.78 is 68.4. The first-order valence-corrected chi connectivity index (χ1v) is 40.3. The monoisotopic (exact) mass is 1340 g/mol. The number of hydrogen-bond donors (Lipinski definition) is 3. The Hall–Kier alpha value is -1.94. The van der Waals surface area contributed by atoms with Gasteiger partial charge >= 0.3 is 39.5 Å². The Morgan fingerprint density at radius 3 is 0.747 bits per heavy atom. The van der Waals surface area contributed by atoms with Gasteiger partial charge in [0.25, 0.3) is 0 Å². The number of esters is 4. The van der Waals surface area contributed by atoms with Crippen LogP contribution in [0.2, 0.25) is 0 Å². The van der Waals surface area contributed by atoms with Crippen molar-refractivity contribution in [3.8, 4) is 0 Å². The molecule has 0 rings (SSSR count). The second kappa shape index (κ2) is 62.8. The zero-order valence-electron chi connectivity index (χ0n) is 59.3. The molecule has 0 spiro atoms. The van der Waals surface area contributed by atoms with Crippen molar-refractivity contribution in [2.45, 2.75) is 381 Å². The molecule has 0 bridgehead atoms. The molecule has 5 atom stereocenters. The van der Waals surface area contributed by atoms with E-state index in [1.54, 1.807) is 0 Å². The summed E-state index contributed by atoms with van der Waals surface area (Å²) in [7, 11) is -9.90. The average Bonchev–Trinajstić information content (AvgIpc) is 2.62. The van der Waals surface area contributed by atoms with Crippen LogP contribution in [-0.4, -0.2) is 96.7 Å². The molecule has 0 aliphatic rings. The summed E-state index contributed by atoms with van der Waals surface area (Å²) in [5.41, 5.74) is 0. The summed E-state index contributed by atoms with van der Waals surface area (Å²) in [6, 6.07) is 0. The Bertz CT molecular complexity index is 1780. The normalized spacial score (nSPS) is 14.2. The van der Waals surface area contributed by atoms with Gasteiger partial charge in [0.2, 0.25) is 0 Å². The molecule has 0 amide bonds. The van der Waals surface area contributed by atoms with Crippen molar-refractivity contribution in [1.29, 1.82) is 0 Å². The van der Waals surface area contributed by atoms with Crippen LogP contribution >= 0.6 is 15.6 Å². The van der Waals surface area contributed by atoms with Crippen molar-refractivity contribution >= 4 is 39.5 Å². The van der Waals surface area contributed by atoms with E-state index in [-0.39, 0.29) is 25.7 Å². The highest BCUT2D eigenvalue weighted by atomic mass is 31.2. The molecule has 0 aromatic rings. The summed E-state index contributed by atoms with van der Waals surface area (Å²) in [4.78, 5) is 72.6. The first kappa shape index (κ1) is 89.1. The molecule has 3 N–H and O–H groups in total. The molecule has 0 radical (unpaired) electrons. The second-order valence-corrected chi connectivity index (χ2v) is 30.3. The molecular weight excluding hydrogens is 1200 g/mol. The van der Waals surface area contributed by atoms with E-state index in [2.05, 4.69) is 48.5 Å². The Kier molecular flexibility index (Phi) is 61.5. The van der Waals surface area contributed by atoms with Crippen LogP contribution in [0, 0.1) is 17.8 Å². The summed E-state index contributed by atoms with van der Waals surface area (Å²) in [6.45, 7) is 11.8. The van der Waals surface area contributed by atoms with Gasteiger partial charge in [-0.05, 0) is 43.4 Å². The maximum absolute atomic E-state index is 13.0. The first-order valence-electron chi connectivity index (χ1n) is 37.3. The van der Waals surface area contributed by atoms with Crippen LogP contribution in [0.4, 0.5) is 0 Å². The number of rotatable bonds is 70. The predicted octanol–water partition coefficient (Wildman–Crippen LogP) is 20.6. The molecule has 0 aliphatic heterocycles. The van der Waals surface area contributed by atoms with Crippen molar-refractivity contribution in [3.05, 3.63) is 0 Å². The van der Waals surface area contributed by atoms with Crippen LogP contribution in [0.1, 0.15) is 363 Å². The maximum Gasteiger partial charge on any atom is 0.472 e. The average molecular weight is 1340 g/mol. The Labute approximate surface area is 556 Å². The van der Waals surface area contributed by atoms with Gasteiger partial charge in [0.05, 0.1) is 26.4 Å². The number of ether oxygens (including phenoxy) is 4.